The summed E-state index contributed by atoms with van der Waals surface area (Å²) in [6, 6.07) is 0.209. The molecule has 0 aliphatic carbocycles. The van der Waals surface area contributed by atoms with Gasteiger partial charge in [0.15, 0.2) is 0 Å². The molecule has 0 amide bonds. The first kappa shape index (κ1) is 17.2. The van der Waals surface area contributed by atoms with Crippen molar-refractivity contribution in [2.24, 2.45) is 0 Å². The second-order valence-corrected chi connectivity index (χ2v) is 3.42. The quantitative estimate of drug-likeness (QED) is 0.446. The smallest absolute Gasteiger partial charge is 0.0584 e. The predicted molar refractivity (Wildman–Crippen MR) is 65.1 cm³/mol. The van der Waals surface area contributed by atoms with E-state index in [9.17, 15) is 0 Å². The lowest BCUT2D eigenvalue weighted by Gasteiger charge is -2.13. The number of hydrogen-bond donors (Lipinski definition) is 4. The van der Waals surface area contributed by atoms with Crippen LogP contribution in [0.2, 0.25) is 0 Å². The van der Waals surface area contributed by atoms with Gasteiger partial charge in [-0.15, -0.1) is 0 Å². The normalized spacial score (nSPS) is 11.8. The summed E-state index contributed by atoms with van der Waals surface area (Å²) in [5, 5.41) is 23.5. The average Bonchev–Trinajstić information content (AvgIpc) is 2.25. The van der Waals surface area contributed by atoms with Gasteiger partial charge in [0.1, 0.15) is 0 Å². The molecule has 0 aromatic heterocycles. The molecule has 4 heteroatoms. The molecule has 0 bridgehead atoms. The summed E-state index contributed by atoms with van der Waals surface area (Å²) in [5.74, 6) is 0. The molecule has 0 radical (unpaired) electrons. The fourth-order valence-corrected chi connectivity index (χ4v) is 0.907. The zero-order chi connectivity index (χ0) is 11.9. The van der Waals surface area contributed by atoms with Crippen molar-refractivity contribution >= 4 is 0 Å². The molecule has 0 heterocycles. The van der Waals surface area contributed by atoms with Crippen molar-refractivity contribution in [2.75, 3.05) is 32.8 Å². The van der Waals surface area contributed by atoms with Crippen LogP contribution in [0, 0.1) is 0 Å². The first-order chi connectivity index (χ1) is 7.26. The lowest BCUT2D eigenvalue weighted by atomic mass is 10.2. The van der Waals surface area contributed by atoms with E-state index in [2.05, 4.69) is 24.5 Å². The van der Waals surface area contributed by atoms with E-state index < -0.39 is 0 Å². The van der Waals surface area contributed by atoms with Crippen molar-refractivity contribution in [2.45, 2.75) is 39.7 Å². The van der Waals surface area contributed by atoms with Gasteiger partial charge in [0.2, 0.25) is 0 Å². The van der Waals surface area contributed by atoms with E-state index >= 15 is 0 Å². The third-order valence-electron chi connectivity index (χ3n) is 1.74. The number of rotatable bonds is 8. The Morgan fingerprint density at radius 3 is 2.00 bits per heavy atom. The van der Waals surface area contributed by atoms with Gasteiger partial charge in [0.05, 0.1) is 13.2 Å². The van der Waals surface area contributed by atoms with Crippen LogP contribution >= 0.6 is 0 Å². The van der Waals surface area contributed by atoms with Crippen molar-refractivity contribution in [1.82, 2.24) is 10.6 Å². The molecule has 0 saturated carbocycles. The van der Waals surface area contributed by atoms with E-state index in [1.54, 1.807) is 0 Å². The second-order valence-electron chi connectivity index (χ2n) is 3.42. The van der Waals surface area contributed by atoms with E-state index in [1.807, 2.05) is 6.92 Å². The van der Waals surface area contributed by atoms with Crippen molar-refractivity contribution in [3.8, 4) is 0 Å². The molecule has 94 valence electrons. The Kier molecular flexibility index (Phi) is 18.7. The Labute approximate surface area is 94.1 Å². The van der Waals surface area contributed by atoms with E-state index in [0.717, 1.165) is 19.5 Å². The molecule has 0 fully saturated rings. The average molecular weight is 220 g/mol. The van der Waals surface area contributed by atoms with Crippen LogP contribution in [0.4, 0.5) is 0 Å². The first-order valence-corrected chi connectivity index (χ1v) is 5.92. The van der Waals surface area contributed by atoms with Crippen LogP contribution in [0.25, 0.3) is 0 Å². The Hall–Kier alpha value is -0.160. The van der Waals surface area contributed by atoms with E-state index in [1.165, 1.54) is 6.42 Å². The standard InChI is InChI=1S/C8H20N2O2.C3H8/c1-2-8(7-12)10-4-3-9-5-6-11;1-3-2/h8-12H,2-7H2,1H3;3H2,1-2H3. The van der Waals surface area contributed by atoms with Crippen LogP contribution in [-0.4, -0.2) is 49.1 Å². The van der Waals surface area contributed by atoms with Crippen LogP contribution in [0.5, 0.6) is 0 Å². The minimum Gasteiger partial charge on any atom is -0.395 e. The van der Waals surface area contributed by atoms with Crippen molar-refractivity contribution < 1.29 is 10.2 Å². The maximum Gasteiger partial charge on any atom is 0.0584 e. The number of aliphatic hydroxyl groups is 2. The van der Waals surface area contributed by atoms with Gasteiger partial charge in [-0.1, -0.05) is 27.2 Å². The largest absolute Gasteiger partial charge is 0.395 e. The molecule has 0 aliphatic heterocycles. The molecule has 15 heavy (non-hydrogen) atoms. The van der Waals surface area contributed by atoms with Gasteiger partial charge in [-0.3, -0.25) is 0 Å². The zero-order valence-corrected chi connectivity index (χ0v) is 10.4. The maximum absolute atomic E-state index is 8.81. The monoisotopic (exact) mass is 220 g/mol. The van der Waals surface area contributed by atoms with Crippen LogP contribution in [-0.2, 0) is 0 Å². The van der Waals surface area contributed by atoms with Gasteiger partial charge in [0.25, 0.3) is 0 Å². The Balaban J connectivity index is 0. The van der Waals surface area contributed by atoms with Gasteiger partial charge in [0, 0.05) is 25.7 Å². The molecule has 0 rings (SSSR count). The number of nitrogens with one attached hydrogen (secondary N) is 2. The lowest BCUT2D eigenvalue weighted by molar-refractivity contribution is 0.238. The van der Waals surface area contributed by atoms with Gasteiger partial charge >= 0.3 is 0 Å². The summed E-state index contributed by atoms with van der Waals surface area (Å²) in [7, 11) is 0. The fourth-order valence-electron chi connectivity index (χ4n) is 0.907. The number of hydrogen-bond acceptors (Lipinski definition) is 4. The molecular weight excluding hydrogens is 192 g/mol. The highest BCUT2D eigenvalue weighted by Gasteiger charge is 2.00. The molecule has 0 aromatic rings. The fraction of sp³-hybridized carbons (Fsp3) is 1.00. The second kappa shape index (κ2) is 16.3. The third kappa shape index (κ3) is 16.5. The molecule has 0 saturated heterocycles. The Bertz CT molecular complexity index is 98.6. The van der Waals surface area contributed by atoms with Crippen LogP contribution < -0.4 is 10.6 Å². The van der Waals surface area contributed by atoms with Crippen molar-refractivity contribution in [3.05, 3.63) is 0 Å². The highest BCUT2D eigenvalue weighted by molar-refractivity contribution is 4.63. The molecule has 0 aromatic carbocycles. The Morgan fingerprint density at radius 1 is 1.00 bits per heavy atom. The lowest BCUT2D eigenvalue weighted by Crippen LogP contribution is -2.37. The molecule has 1 unspecified atom stereocenters. The van der Waals surface area contributed by atoms with E-state index in [-0.39, 0.29) is 19.3 Å². The van der Waals surface area contributed by atoms with E-state index in [0.29, 0.717) is 6.54 Å². The summed E-state index contributed by atoms with van der Waals surface area (Å²) in [6.07, 6.45) is 2.19. The topological polar surface area (TPSA) is 64.5 Å². The Morgan fingerprint density at radius 2 is 1.60 bits per heavy atom. The SMILES string of the molecule is CCC.CCC(CO)NCCNCCO. The van der Waals surface area contributed by atoms with Gasteiger partial charge in [-0.2, -0.15) is 0 Å². The van der Waals surface area contributed by atoms with Gasteiger partial charge < -0.3 is 20.8 Å². The maximum atomic E-state index is 8.81. The summed E-state index contributed by atoms with van der Waals surface area (Å²) in [6.45, 7) is 8.95. The summed E-state index contributed by atoms with van der Waals surface area (Å²) >= 11 is 0. The summed E-state index contributed by atoms with van der Waals surface area (Å²) in [5.41, 5.74) is 0. The highest BCUT2D eigenvalue weighted by Crippen LogP contribution is 1.86. The number of aliphatic hydroxyl groups excluding tert-OH is 2. The van der Waals surface area contributed by atoms with Crippen LogP contribution in [0.1, 0.15) is 33.6 Å². The van der Waals surface area contributed by atoms with Crippen molar-refractivity contribution in [1.29, 1.82) is 0 Å². The molecule has 4 nitrogen and oxygen atoms in total. The summed E-state index contributed by atoms with van der Waals surface area (Å²) in [4.78, 5) is 0. The van der Waals surface area contributed by atoms with Crippen LogP contribution in [0.15, 0.2) is 0 Å². The minimum atomic E-state index is 0.178. The molecule has 1 atom stereocenters. The molecule has 4 N–H and O–H groups in total. The first-order valence-electron chi connectivity index (χ1n) is 5.92. The van der Waals surface area contributed by atoms with Crippen molar-refractivity contribution in [3.63, 3.8) is 0 Å². The van der Waals surface area contributed by atoms with Gasteiger partial charge in [-0.05, 0) is 6.42 Å². The van der Waals surface area contributed by atoms with Gasteiger partial charge in [-0.25, -0.2) is 0 Å². The molecular formula is C11H28N2O2. The van der Waals surface area contributed by atoms with Crippen LogP contribution in [0.3, 0.4) is 0 Å². The zero-order valence-electron chi connectivity index (χ0n) is 10.4. The molecule has 0 spiro atoms. The predicted octanol–water partition coefficient (Wildman–Crippen LogP) is 0.345. The third-order valence-corrected chi connectivity index (χ3v) is 1.74. The molecule has 0 aliphatic rings. The van der Waals surface area contributed by atoms with E-state index in [4.69, 9.17) is 10.2 Å². The summed E-state index contributed by atoms with van der Waals surface area (Å²) < 4.78 is 0. The highest BCUT2D eigenvalue weighted by atomic mass is 16.3. The minimum absolute atomic E-state index is 0.178.